The lowest BCUT2D eigenvalue weighted by Gasteiger charge is -1.99. The molecule has 3 rings (SSSR count). The molecule has 2 heterocycles. The van der Waals surface area contributed by atoms with Crippen LogP contribution in [0.3, 0.4) is 0 Å². The highest BCUT2D eigenvalue weighted by molar-refractivity contribution is 7.99. The summed E-state index contributed by atoms with van der Waals surface area (Å²) in [6.45, 7) is 1.84. The Morgan fingerprint density at radius 2 is 2.29 bits per heavy atom. The van der Waals surface area contributed by atoms with E-state index in [0.717, 1.165) is 6.42 Å². The van der Waals surface area contributed by atoms with Crippen molar-refractivity contribution in [1.82, 2.24) is 10.1 Å². The second-order valence-electron chi connectivity index (χ2n) is 4.03. The molecule has 0 radical (unpaired) electrons. The molecule has 0 aliphatic carbocycles. The third kappa shape index (κ3) is 2.07. The predicted molar refractivity (Wildman–Crippen MR) is 67.3 cm³/mol. The number of fused-ring (bicyclic) bond motifs is 1. The topological polar surface area (TPSA) is 38.9 Å². The molecule has 1 aliphatic heterocycles. The molecule has 2 atom stereocenters. The average Bonchev–Trinajstić information content (AvgIpc) is 2.95. The summed E-state index contributed by atoms with van der Waals surface area (Å²) in [5.41, 5.74) is 1.35. The van der Waals surface area contributed by atoms with Gasteiger partial charge < -0.3 is 4.52 Å². The molecule has 0 fully saturated rings. The van der Waals surface area contributed by atoms with Crippen molar-refractivity contribution >= 4 is 23.4 Å². The summed E-state index contributed by atoms with van der Waals surface area (Å²) >= 11 is 7.70. The summed E-state index contributed by atoms with van der Waals surface area (Å²) in [5.74, 6) is 1.24. The van der Waals surface area contributed by atoms with E-state index in [1.807, 2.05) is 13.0 Å². The van der Waals surface area contributed by atoms with Crippen LogP contribution in [0.15, 0.2) is 33.7 Å². The molecule has 2 aromatic rings. The standard InChI is InChI=1S/C12H11ClN2OS/c1-7(13)11-14-12(16-15-11)10-6-8-4-2-3-5-9(8)17-10/h2-5,7,10H,6H2,1H3. The minimum atomic E-state index is -0.207. The molecule has 0 spiro atoms. The van der Waals surface area contributed by atoms with Crippen molar-refractivity contribution < 1.29 is 4.52 Å². The van der Waals surface area contributed by atoms with Gasteiger partial charge in [0.15, 0.2) is 5.82 Å². The number of benzene rings is 1. The Hall–Kier alpha value is -1.00. The van der Waals surface area contributed by atoms with Gasteiger partial charge in [-0.15, -0.1) is 23.4 Å². The maximum Gasteiger partial charge on any atom is 0.240 e. The summed E-state index contributed by atoms with van der Waals surface area (Å²) in [6.07, 6.45) is 0.944. The van der Waals surface area contributed by atoms with Crippen LogP contribution in [-0.4, -0.2) is 10.1 Å². The fourth-order valence-corrected chi connectivity index (χ4v) is 3.17. The first-order chi connectivity index (χ1) is 8.24. The Morgan fingerprint density at radius 3 is 3.00 bits per heavy atom. The van der Waals surface area contributed by atoms with Crippen LogP contribution < -0.4 is 0 Å². The Bertz CT molecular complexity index is 516. The number of aromatic nitrogens is 2. The molecule has 0 bridgehead atoms. The number of hydrogen-bond donors (Lipinski definition) is 0. The van der Waals surface area contributed by atoms with E-state index < -0.39 is 0 Å². The predicted octanol–water partition coefficient (Wildman–Crippen LogP) is 3.76. The van der Waals surface area contributed by atoms with Crippen molar-refractivity contribution in [2.24, 2.45) is 0 Å². The zero-order chi connectivity index (χ0) is 11.8. The van der Waals surface area contributed by atoms with Gasteiger partial charge in [-0.3, -0.25) is 0 Å². The average molecular weight is 267 g/mol. The molecule has 1 aliphatic rings. The summed E-state index contributed by atoms with van der Waals surface area (Å²) in [5, 5.41) is 3.91. The van der Waals surface area contributed by atoms with Crippen molar-refractivity contribution in [3.05, 3.63) is 41.5 Å². The van der Waals surface area contributed by atoms with Crippen LogP contribution in [0.2, 0.25) is 0 Å². The summed E-state index contributed by atoms with van der Waals surface area (Å²) in [4.78, 5) is 5.65. The second-order valence-corrected chi connectivity index (χ2v) is 5.92. The van der Waals surface area contributed by atoms with Crippen molar-refractivity contribution in [1.29, 1.82) is 0 Å². The molecule has 3 nitrogen and oxygen atoms in total. The highest BCUT2D eigenvalue weighted by atomic mass is 35.5. The van der Waals surface area contributed by atoms with E-state index in [2.05, 4.69) is 28.3 Å². The van der Waals surface area contributed by atoms with Crippen LogP contribution in [0.25, 0.3) is 0 Å². The quantitative estimate of drug-likeness (QED) is 0.776. The second kappa shape index (κ2) is 4.35. The van der Waals surface area contributed by atoms with Gasteiger partial charge >= 0.3 is 0 Å². The van der Waals surface area contributed by atoms with Crippen LogP contribution in [0.5, 0.6) is 0 Å². The monoisotopic (exact) mass is 266 g/mol. The maximum atomic E-state index is 5.92. The summed E-state index contributed by atoms with van der Waals surface area (Å²) in [7, 11) is 0. The van der Waals surface area contributed by atoms with E-state index in [0.29, 0.717) is 11.7 Å². The number of hydrogen-bond acceptors (Lipinski definition) is 4. The number of thioether (sulfide) groups is 1. The third-order valence-corrected chi connectivity index (χ3v) is 4.24. The van der Waals surface area contributed by atoms with Crippen LogP contribution >= 0.6 is 23.4 Å². The number of rotatable bonds is 2. The lowest BCUT2D eigenvalue weighted by molar-refractivity contribution is 0.371. The van der Waals surface area contributed by atoms with Crippen molar-refractivity contribution in [3.8, 4) is 0 Å². The molecule has 17 heavy (non-hydrogen) atoms. The van der Waals surface area contributed by atoms with Gasteiger partial charge in [-0.25, -0.2) is 0 Å². The summed E-state index contributed by atoms with van der Waals surface area (Å²) in [6, 6.07) is 8.38. The van der Waals surface area contributed by atoms with E-state index in [1.165, 1.54) is 10.5 Å². The lowest BCUT2D eigenvalue weighted by Crippen LogP contribution is -1.94. The Kier molecular flexibility index (Phi) is 2.84. The van der Waals surface area contributed by atoms with Crippen LogP contribution in [0, 0.1) is 0 Å². The molecule has 2 unspecified atom stereocenters. The van der Waals surface area contributed by atoms with E-state index in [4.69, 9.17) is 16.1 Å². The molecule has 88 valence electrons. The Balaban J connectivity index is 1.84. The molecular weight excluding hydrogens is 256 g/mol. The Labute approximate surface area is 109 Å². The highest BCUT2D eigenvalue weighted by Gasteiger charge is 2.28. The molecule has 0 saturated carbocycles. The fraction of sp³-hybridized carbons (Fsp3) is 0.333. The zero-order valence-electron chi connectivity index (χ0n) is 9.26. The van der Waals surface area contributed by atoms with Gasteiger partial charge in [0.25, 0.3) is 0 Å². The number of nitrogens with zero attached hydrogens (tertiary/aromatic N) is 2. The third-order valence-electron chi connectivity index (χ3n) is 2.74. The van der Waals surface area contributed by atoms with Gasteiger partial charge in [-0.1, -0.05) is 23.4 Å². The van der Waals surface area contributed by atoms with Gasteiger partial charge in [0.05, 0.1) is 10.6 Å². The first kappa shape index (κ1) is 11.1. The van der Waals surface area contributed by atoms with Crippen LogP contribution in [0.1, 0.15) is 34.8 Å². The van der Waals surface area contributed by atoms with E-state index in [1.54, 1.807) is 11.8 Å². The molecule has 1 aromatic carbocycles. The molecule has 0 saturated heterocycles. The van der Waals surface area contributed by atoms with Crippen LogP contribution in [0.4, 0.5) is 0 Å². The van der Waals surface area contributed by atoms with E-state index >= 15 is 0 Å². The largest absolute Gasteiger partial charge is 0.338 e. The van der Waals surface area contributed by atoms with Gasteiger partial charge in [0.2, 0.25) is 5.89 Å². The molecule has 5 heteroatoms. The van der Waals surface area contributed by atoms with Gasteiger partial charge in [-0.05, 0) is 25.0 Å². The van der Waals surface area contributed by atoms with Gasteiger partial charge in [-0.2, -0.15) is 4.98 Å². The number of halogens is 1. The maximum absolute atomic E-state index is 5.92. The van der Waals surface area contributed by atoms with E-state index in [-0.39, 0.29) is 10.6 Å². The van der Waals surface area contributed by atoms with Gasteiger partial charge in [0, 0.05) is 4.90 Å². The minimum absolute atomic E-state index is 0.207. The SMILES string of the molecule is CC(Cl)c1noc(C2Cc3ccccc3S2)n1. The Morgan fingerprint density at radius 1 is 1.47 bits per heavy atom. The zero-order valence-corrected chi connectivity index (χ0v) is 10.8. The molecular formula is C12H11ClN2OS. The van der Waals surface area contributed by atoms with E-state index in [9.17, 15) is 0 Å². The fourth-order valence-electron chi connectivity index (χ4n) is 1.86. The van der Waals surface area contributed by atoms with Crippen molar-refractivity contribution in [2.45, 2.75) is 28.9 Å². The highest BCUT2D eigenvalue weighted by Crippen LogP contribution is 2.45. The minimum Gasteiger partial charge on any atom is -0.338 e. The smallest absolute Gasteiger partial charge is 0.240 e. The molecule has 0 amide bonds. The summed E-state index contributed by atoms with van der Waals surface area (Å²) < 4.78 is 5.27. The first-order valence-electron chi connectivity index (χ1n) is 5.46. The molecule has 1 aromatic heterocycles. The first-order valence-corrected chi connectivity index (χ1v) is 6.78. The van der Waals surface area contributed by atoms with Crippen LogP contribution in [-0.2, 0) is 6.42 Å². The van der Waals surface area contributed by atoms with Crippen molar-refractivity contribution in [3.63, 3.8) is 0 Å². The number of alkyl halides is 1. The molecule has 0 N–H and O–H groups in total. The van der Waals surface area contributed by atoms with Crippen molar-refractivity contribution in [2.75, 3.05) is 0 Å². The van der Waals surface area contributed by atoms with Gasteiger partial charge in [0.1, 0.15) is 0 Å². The lowest BCUT2D eigenvalue weighted by atomic mass is 10.1. The normalized spacial score (nSPS) is 20.2.